The van der Waals surface area contributed by atoms with Crippen molar-refractivity contribution >= 4 is 89.6 Å². The van der Waals surface area contributed by atoms with Gasteiger partial charge in [-0.1, -0.05) is 13.8 Å². The molecule has 8 aromatic heterocycles. The highest BCUT2D eigenvalue weighted by atomic mass is 16.5. The summed E-state index contributed by atoms with van der Waals surface area (Å²) >= 11 is 0. The molecule has 0 atom stereocenters. The zero-order chi connectivity index (χ0) is 93.2. The molecule has 0 bridgehead atoms. The standard InChI is InChI=1S/C28H34N6O.C26H28N6O2.C25H29N5O3.C24H25N5O2/c1-5-33(6-2)17-21-11-24(13-25(12-21)35-4)34(18-20-7-8-20)23-9-10-26-27(14-23)31-28(16-29-26)22-15-30-32(3)19-22;1-5-6-9-27-10-11-32(21-12-22(33-3)15-23(13-21)34-4)20-7-8-24-25(14-20)30-26(17-28-24)19-16-29-31(2)18-19;1-25(2,31)8-9-30(19-10-20(32-4)13-21(11-19)33-5)18-6-7-22-23(12-18)28-24(15-26-22)17-14-27-29(3)16-17;1-28-14-18(11-26-28)24-12-25-22-6-5-19(10-23(22)27-24)29(13-16-3-4-16)20-7-17(15-30)8-21(9-20)31-2/h9-16,19-20H,5-8,17-18H2,1-4H3;1,7-8,12-18,27H,6,9-11H2,2-4H3;6-7,10-16,31H,8-9H2,1-5H3;5-12,14,16,30H,3-4,13,15H2,1-2H3. The second-order valence-corrected chi connectivity index (χ2v) is 33.8. The van der Waals surface area contributed by atoms with Crippen molar-refractivity contribution in [3.8, 4) is 91.9 Å². The van der Waals surface area contributed by atoms with Crippen molar-refractivity contribution in [2.75, 3.05) is 115 Å². The number of methoxy groups -OCH3 is 6. The van der Waals surface area contributed by atoms with E-state index in [9.17, 15) is 10.2 Å². The topological polar surface area (TPSA) is 298 Å². The van der Waals surface area contributed by atoms with Crippen LogP contribution in [0.15, 0.2) is 220 Å². The zero-order valence-corrected chi connectivity index (χ0v) is 78.1. The zero-order valence-electron chi connectivity index (χ0n) is 78.1. The Morgan fingerprint density at radius 1 is 0.391 bits per heavy atom. The number of fused-ring (bicyclic) bond motifs is 4. The van der Waals surface area contributed by atoms with Crippen molar-refractivity contribution in [3.05, 3.63) is 231 Å². The quantitative estimate of drug-likeness (QED) is 0.0245. The van der Waals surface area contributed by atoms with Gasteiger partial charge in [0, 0.05) is 221 Å². The molecule has 2 fully saturated rings. The number of aryl methyl sites for hydroxylation is 4. The number of aromatic nitrogens is 16. The molecule has 133 heavy (non-hydrogen) atoms. The number of nitrogens with one attached hydrogen (secondary N) is 1. The van der Waals surface area contributed by atoms with Crippen molar-refractivity contribution < 1.29 is 38.6 Å². The first-order valence-corrected chi connectivity index (χ1v) is 44.7. The predicted molar refractivity (Wildman–Crippen MR) is 525 cm³/mol. The highest BCUT2D eigenvalue weighted by Crippen LogP contribution is 2.43. The third-order valence-electron chi connectivity index (χ3n) is 23.3. The number of nitrogens with zero attached hydrogens (tertiary/aromatic N) is 21. The van der Waals surface area contributed by atoms with Crippen LogP contribution in [0, 0.1) is 24.2 Å². The summed E-state index contributed by atoms with van der Waals surface area (Å²) in [6.07, 6.45) is 33.8. The van der Waals surface area contributed by atoms with Crippen LogP contribution in [0.25, 0.3) is 89.2 Å². The monoisotopic (exact) mass is 1790 g/mol. The summed E-state index contributed by atoms with van der Waals surface area (Å²) < 4.78 is 40.2. The summed E-state index contributed by atoms with van der Waals surface area (Å²) in [5, 5.41) is 40.5. The van der Waals surface area contributed by atoms with Crippen LogP contribution in [0.5, 0.6) is 34.5 Å². The van der Waals surface area contributed by atoms with Crippen molar-refractivity contribution in [1.29, 1.82) is 0 Å². The third-order valence-corrected chi connectivity index (χ3v) is 23.3. The van der Waals surface area contributed by atoms with Crippen LogP contribution < -0.4 is 53.3 Å². The van der Waals surface area contributed by atoms with E-state index in [0.717, 1.165) is 215 Å². The van der Waals surface area contributed by atoms with Gasteiger partial charge in [0.2, 0.25) is 0 Å². The lowest BCUT2D eigenvalue weighted by Gasteiger charge is -2.29. The lowest BCUT2D eigenvalue weighted by Crippen LogP contribution is -2.29. The van der Waals surface area contributed by atoms with Crippen LogP contribution in [0.2, 0.25) is 0 Å². The number of anilines is 8. The first-order valence-electron chi connectivity index (χ1n) is 44.7. The Morgan fingerprint density at radius 2 is 0.707 bits per heavy atom. The Balaban J connectivity index is 0.000000136. The normalized spacial score (nSPS) is 12.3. The number of benzene rings is 8. The summed E-state index contributed by atoms with van der Waals surface area (Å²) in [7, 11) is 17.5. The molecule has 0 radical (unpaired) electrons. The molecule has 686 valence electrons. The predicted octanol–water partition coefficient (Wildman–Crippen LogP) is 17.7. The number of aliphatic hydroxyl groups excluding tert-OH is 1. The highest BCUT2D eigenvalue weighted by molar-refractivity contribution is 5.87. The highest BCUT2D eigenvalue weighted by Gasteiger charge is 2.29. The fraction of sp³-hybridized carbons (Fsp3) is 0.320. The van der Waals surface area contributed by atoms with Gasteiger partial charge in [0.15, 0.2) is 0 Å². The molecule has 8 aromatic carbocycles. The molecule has 18 rings (SSSR count). The van der Waals surface area contributed by atoms with Crippen LogP contribution in [-0.4, -0.2) is 195 Å². The molecular weight excluding hydrogens is 1670 g/mol. The van der Waals surface area contributed by atoms with E-state index in [4.69, 9.17) is 54.8 Å². The van der Waals surface area contributed by atoms with Gasteiger partial charge in [-0.3, -0.25) is 43.6 Å². The first-order chi connectivity index (χ1) is 64.5. The molecule has 0 saturated heterocycles. The fourth-order valence-corrected chi connectivity index (χ4v) is 15.6. The maximum atomic E-state index is 10.4. The van der Waals surface area contributed by atoms with Gasteiger partial charge in [-0.15, -0.1) is 12.3 Å². The van der Waals surface area contributed by atoms with Gasteiger partial charge in [-0.25, -0.2) is 19.9 Å². The average molecular weight is 1790 g/mol. The summed E-state index contributed by atoms with van der Waals surface area (Å²) in [5.41, 5.74) is 23.0. The van der Waals surface area contributed by atoms with E-state index >= 15 is 0 Å². The maximum Gasteiger partial charge on any atom is 0.124 e. The van der Waals surface area contributed by atoms with Gasteiger partial charge in [0.05, 0.1) is 171 Å². The number of ether oxygens (including phenoxy) is 6. The Morgan fingerprint density at radius 3 is 1.01 bits per heavy atom. The smallest absolute Gasteiger partial charge is 0.124 e. The third kappa shape index (κ3) is 24.1. The van der Waals surface area contributed by atoms with Crippen molar-refractivity contribution in [2.24, 2.45) is 40.0 Å². The summed E-state index contributed by atoms with van der Waals surface area (Å²) in [6, 6.07) is 48.7. The second kappa shape index (κ2) is 42.9. The molecule has 8 heterocycles. The van der Waals surface area contributed by atoms with E-state index in [-0.39, 0.29) is 6.61 Å². The largest absolute Gasteiger partial charge is 0.497 e. The Labute approximate surface area is 775 Å². The van der Waals surface area contributed by atoms with Crippen LogP contribution in [0.1, 0.15) is 77.3 Å². The van der Waals surface area contributed by atoms with Gasteiger partial charge in [0.25, 0.3) is 0 Å². The van der Waals surface area contributed by atoms with E-state index in [0.29, 0.717) is 43.3 Å². The average Bonchev–Trinajstić information content (AvgIpc) is 1.35. The minimum atomic E-state index is -0.814. The van der Waals surface area contributed by atoms with Gasteiger partial charge >= 0.3 is 0 Å². The maximum absolute atomic E-state index is 10.4. The van der Waals surface area contributed by atoms with Crippen molar-refractivity contribution in [2.45, 2.75) is 85.0 Å². The molecule has 30 heteroatoms. The minimum absolute atomic E-state index is 0.0286. The number of terminal acetylenes is 1. The fourth-order valence-electron chi connectivity index (χ4n) is 15.6. The number of rotatable bonds is 35. The molecule has 0 unspecified atom stereocenters. The Bertz CT molecular complexity index is 6640. The second-order valence-electron chi connectivity index (χ2n) is 33.8. The van der Waals surface area contributed by atoms with Crippen molar-refractivity contribution in [3.63, 3.8) is 0 Å². The van der Waals surface area contributed by atoms with Gasteiger partial charge < -0.3 is 63.6 Å². The first kappa shape index (κ1) is 93.1. The van der Waals surface area contributed by atoms with E-state index in [1.807, 2.05) is 170 Å². The number of aliphatic hydroxyl groups is 2. The molecule has 0 aliphatic heterocycles. The minimum Gasteiger partial charge on any atom is -0.497 e. The number of hydrogen-bond acceptors (Lipinski definition) is 26. The molecule has 3 N–H and O–H groups in total. The summed E-state index contributed by atoms with van der Waals surface area (Å²) in [4.78, 5) is 49.4. The lowest BCUT2D eigenvalue weighted by atomic mass is 10.0. The van der Waals surface area contributed by atoms with E-state index in [1.165, 1.54) is 31.2 Å². The molecule has 2 aliphatic carbocycles. The van der Waals surface area contributed by atoms with Crippen LogP contribution in [0.4, 0.5) is 45.5 Å². The van der Waals surface area contributed by atoms with Gasteiger partial charge in [0.1, 0.15) is 34.5 Å². The Kier molecular flexibility index (Phi) is 30.0. The Hall–Kier alpha value is -14.6. The van der Waals surface area contributed by atoms with E-state index in [2.05, 4.69) is 145 Å². The van der Waals surface area contributed by atoms with E-state index in [1.54, 1.807) is 98.6 Å². The van der Waals surface area contributed by atoms with Crippen LogP contribution in [-0.2, 0) is 41.3 Å². The molecule has 16 aromatic rings. The molecule has 2 aliphatic rings. The number of hydrogen-bond donors (Lipinski definition) is 3. The summed E-state index contributed by atoms with van der Waals surface area (Å²) in [5.74, 6) is 8.51. The molecular formula is C103H116N22O8. The van der Waals surface area contributed by atoms with Crippen LogP contribution in [0.3, 0.4) is 0 Å². The molecule has 30 nitrogen and oxygen atoms in total. The van der Waals surface area contributed by atoms with Gasteiger partial charge in [-0.05, 0) is 179 Å². The lowest BCUT2D eigenvalue weighted by molar-refractivity contribution is 0.0737. The molecule has 0 spiro atoms. The van der Waals surface area contributed by atoms with Crippen molar-refractivity contribution in [1.82, 2.24) is 89.2 Å². The van der Waals surface area contributed by atoms with E-state index < -0.39 is 5.60 Å². The molecule has 2 saturated carbocycles. The summed E-state index contributed by atoms with van der Waals surface area (Å²) in [6.45, 7) is 15.7. The SMILES string of the molecule is C#CCCNCCN(c1cc(OC)cc(OC)c1)c1ccc2ncc(-c3cnn(C)c3)nc2c1.CCN(CC)Cc1cc(OC)cc(N(CC2CC2)c2ccc3ncc(-c4cnn(C)c4)nc3c2)c1.COc1cc(CO)cc(N(CC2CC2)c2ccc3ncc(-c4cnn(C)c4)nc3c2)c1.COc1cc(OC)cc(N(CCC(C)(C)O)c2ccc3ncc(-c4cnn(C)c4)nc3c2)c1. The molecule has 0 amide bonds. The van der Waals surface area contributed by atoms with Gasteiger partial charge in [-0.2, -0.15) is 20.4 Å². The van der Waals surface area contributed by atoms with Crippen LogP contribution >= 0.6 is 0 Å².